The Hall–Kier alpha value is -1.58. The van der Waals surface area contributed by atoms with E-state index in [2.05, 4.69) is 50.2 Å². The molecule has 0 bridgehead atoms. The van der Waals surface area contributed by atoms with Crippen molar-refractivity contribution < 1.29 is 4.79 Å². The number of pyridine rings is 1. The van der Waals surface area contributed by atoms with Gasteiger partial charge in [0.15, 0.2) is 0 Å². The third-order valence-corrected chi connectivity index (χ3v) is 4.03. The summed E-state index contributed by atoms with van der Waals surface area (Å²) in [5, 5.41) is 6.35. The predicted molar refractivity (Wildman–Crippen MR) is 88.9 cm³/mol. The molecule has 4 nitrogen and oxygen atoms in total. The molecule has 0 aliphatic carbocycles. The molecule has 0 unspecified atom stereocenters. The van der Waals surface area contributed by atoms with Gasteiger partial charge in [0.25, 0.3) is 5.91 Å². The summed E-state index contributed by atoms with van der Waals surface area (Å²) in [5.74, 6) is 1.03. The number of carbonyl (C=O) groups is 1. The second kappa shape index (κ2) is 7.43. The highest BCUT2D eigenvalue weighted by molar-refractivity contribution is 5.95. The van der Waals surface area contributed by atoms with Crippen LogP contribution in [0, 0.1) is 0 Å². The van der Waals surface area contributed by atoms with Gasteiger partial charge < -0.3 is 10.6 Å². The molecule has 0 aliphatic heterocycles. The van der Waals surface area contributed by atoms with Crippen LogP contribution < -0.4 is 10.6 Å². The van der Waals surface area contributed by atoms with Crippen molar-refractivity contribution in [3.05, 3.63) is 23.4 Å². The van der Waals surface area contributed by atoms with Crippen molar-refractivity contribution in [1.29, 1.82) is 0 Å². The van der Waals surface area contributed by atoms with E-state index in [1.807, 2.05) is 19.1 Å². The number of nitrogens with one attached hydrogen (secondary N) is 2. The van der Waals surface area contributed by atoms with Gasteiger partial charge in [0.1, 0.15) is 5.82 Å². The first-order valence-electron chi connectivity index (χ1n) is 7.93. The van der Waals surface area contributed by atoms with E-state index in [0.29, 0.717) is 11.5 Å². The van der Waals surface area contributed by atoms with Gasteiger partial charge in [-0.3, -0.25) is 4.79 Å². The lowest BCUT2D eigenvalue weighted by molar-refractivity contribution is 0.0901. The molecule has 0 aromatic carbocycles. The quantitative estimate of drug-likeness (QED) is 0.800. The summed E-state index contributed by atoms with van der Waals surface area (Å²) in [6, 6.07) is 3.73. The molecule has 1 aromatic heterocycles. The molecule has 118 valence electrons. The first-order chi connectivity index (χ1) is 9.85. The molecule has 0 aliphatic rings. The first kappa shape index (κ1) is 17.5. The summed E-state index contributed by atoms with van der Waals surface area (Å²) in [6.07, 6.45) is 1.83. The standard InChI is InChI=1S/C17H29N3O/c1-7-17(6,8-2)20-16(21)13-10-14(12(4)5)19-15(11-13)18-9-3/h10-12H,7-9H2,1-6H3,(H,18,19)(H,20,21). The molecule has 1 aromatic rings. The van der Waals surface area contributed by atoms with E-state index in [0.717, 1.165) is 30.9 Å². The number of rotatable bonds is 7. The van der Waals surface area contributed by atoms with Crippen molar-refractivity contribution >= 4 is 11.7 Å². The Labute approximate surface area is 128 Å². The van der Waals surface area contributed by atoms with Gasteiger partial charge >= 0.3 is 0 Å². The number of amides is 1. The smallest absolute Gasteiger partial charge is 0.251 e. The van der Waals surface area contributed by atoms with Crippen LogP contribution >= 0.6 is 0 Å². The number of aromatic nitrogens is 1. The molecule has 21 heavy (non-hydrogen) atoms. The Morgan fingerprint density at radius 2 is 1.86 bits per heavy atom. The van der Waals surface area contributed by atoms with Crippen LogP contribution in [-0.4, -0.2) is 23.0 Å². The lowest BCUT2D eigenvalue weighted by atomic mass is 9.95. The summed E-state index contributed by atoms with van der Waals surface area (Å²) in [4.78, 5) is 17.1. The van der Waals surface area contributed by atoms with Gasteiger partial charge in [-0.1, -0.05) is 27.7 Å². The lowest BCUT2D eigenvalue weighted by Gasteiger charge is -2.28. The fraction of sp³-hybridized carbons (Fsp3) is 0.647. The van der Waals surface area contributed by atoms with Crippen LogP contribution in [0.15, 0.2) is 12.1 Å². The summed E-state index contributed by atoms with van der Waals surface area (Å²) in [5.41, 5.74) is 1.46. The van der Waals surface area contributed by atoms with E-state index < -0.39 is 0 Å². The minimum Gasteiger partial charge on any atom is -0.370 e. The highest BCUT2D eigenvalue weighted by Gasteiger charge is 2.23. The Morgan fingerprint density at radius 3 is 2.33 bits per heavy atom. The topological polar surface area (TPSA) is 54.0 Å². The minimum atomic E-state index is -0.156. The SMILES string of the molecule is CCNc1cc(C(=O)NC(C)(CC)CC)cc(C(C)C)n1. The zero-order valence-corrected chi connectivity index (χ0v) is 14.2. The number of carbonyl (C=O) groups excluding carboxylic acids is 1. The summed E-state index contributed by atoms with van der Waals surface area (Å²) in [7, 11) is 0. The Balaban J connectivity index is 3.07. The zero-order chi connectivity index (χ0) is 16.0. The average molecular weight is 291 g/mol. The molecule has 0 atom stereocenters. The molecule has 1 amide bonds. The molecule has 0 fully saturated rings. The molecule has 0 saturated heterocycles. The molecule has 0 saturated carbocycles. The van der Waals surface area contributed by atoms with E-state index >= 15 is 0 Å². The average Bonchev–Trinajstić information content (AvgIpc) is 2.47. The van der Waals surface area contributed by atoms with Crippen LogP contribution in [0.4, 0.5) is 5.82 Å². The van der Waals surface area contributed by atoms with Crippen molar-refractivity contribution in [3.8, 4) is 0 Å². The molecule has 4 heteroatoms. The summed E-state index contributed by atoms with van der Waals surface area (Å²) < 4.78 is 0. The second-order valence-electron chi connectivity index (χ2n) is 6.07. The van der Waals surface area contributed by atoms with Crippen LogP contribution in [0.1, 0.15) is 76.4 Å². The number of hydrogen-bond donors (Lipinski definition) is 2. The van der Waals surface area contributed by atoms with Crippen LogP contribution in [0.25, 0.3) is 0 Å². The maximum Gasteiger partial charge on any atom is 0.251 e. The van der Waals surface area contributed by atoms with Gasteiger partial charge in [-0.15, -0.1) is 0 Å². The Bertz CT molecular complexity index is 479. The molecular weight excluding hydrogens is 262 g/mol. The van der Waals surface area contributed by atoms with E-state index in [1.54, 1.807) is 0 Å². The molecule has 1 rings (SSSR count). The Morgan fingerprint density at radius 1 is 1.24 bits per heavy atom. The number of hydrogen-bond acceptors (Lipinski definition) is 3. The van der Waals surface area contributed by atoms with Gasteiger partial charge in [-0.05, 0) is 44.7 Å². The van der Waals surface area contributed by atoms with Crippen LogP contribution in [0.5, 0.6) is 0 Å². The maximum absolute atomic E-state index is 12.5. The second-order valence-corrected chi connectivity index (χ2v) is 6.07. The van der Waals surface area contributed by atoms with E-state index in [-0.39, 0.29) is 11.4 Å². The largest absolute Gasteiger partial charge is 0.370 e. The molecule has 2 N–H and O–H groups in total. The van der Waals surface area contributed by atoms with Crippen LogP contribution in [0.3, 0.4) is 0 Å². The third-order valence-electron chi connectivity index (χ3n) is 4.03. The van der Waals surface area contributed by atoms with Gasteiger partial charge in [0, 0.05) is 23.3 Å². The molecule has 1 heterocycles. The number of anilines is 1. The third kappa shape index (κ3) is 4.73. The first-order valence-corrected chi connectivity index (χ1v) is 7.93. The van der Waals surface area contributed by atoms with Crippen LogP contribution in [-0.2, 0) is 0 Å². The highest BCUT2D eigenvalue weighted by atomic mass is 16.1. The molecule has 0 radical (unpaired) electrons. The van der Waals surface area contributed by atoms with Crippen molar-refractivity contribution in [3.63, 3.8) is 0 Å². The number of nitrogens with zero attached hydrogens (tertiary/aromatic N) is 1. The van der Waals surface area contributed by atoms with Crippen molar-refractivity contribution in [1.82, 2.24) is 10.3 Å². The van der Waals surface area contributed by atoms with E-state index in [1.165, 1.54) is 0 Å². The Kier molecular flexibility index (Phi) is 6.19. The summed E-state index contributed by atoms with van der Waals surface area (Å²) in [6.45, 7) is 13.3. The maximum atomic E-state index is 12.5. The van der Waals surface area contributed by atoms with Crippen molar-refractivity contribution in [2.75, 3.05) is 11.9 Å². The van der Waals surface area contributed by atoms with Gasteiger partial charge in [0.05, 0.1) is 0 Å². The van der Waals surface area contributed by atoms with Gasteiger partial charge in [-0.2, -0.15) is 0 Å². The summed E-state index contributed by atoms with van der Waals surface area (Å²) >= 11 is 0. The predicted octanol–water partition coefficient (Wildman–Crippen LogP) is 3.95. The van der Waals surface area contributed by atoms with E-state index in [4.69, 9.17) is 0 Å². The molecule has 0 spiro atoms. The van der Waals surface area contributed by atoms with Gasteiger partial charge in [0.2, 0.25) is 0 Å². The van der Waals surface area contributed by atoms with Crippen molar-refractivity contribution in [2.24, 2.45) is 0 Å². The fourth-order valence-electron chi connectivity index (χ4n) is 2.02. The van der Waals surface area contributed by atoms with E-state index in [9.17, 15) is 4.79 Å². The lowest BCUT2D eigenvalue weighted by Crippen LogP contribution is -2.45. The minimum absolute atomic E-state index is 0.0235. The highest BCUT2D eigenvalue weighted by Crippen LogP contribution is 2.20. The van der Waals surface area contributed by atoms with Gasteiger partial charge in [-0.25, -0.2) is 4.98 Å². The molecular formula is C17H29N3O. The monoisotopic (exact) mass is 291 g/mol. The normalized spacial score (nSPS) is 11.6. The fourth-order valence-corrected chi connectivity index (χ4v) is 2.02. The zero-order valence-electron chi connectivity index (χ0n) is 14.2. The van der Waals surface area contributed by atoms with Crippen molar-refractivity contribution in [2.45, 2.75) is 65.8 Å². The van der Waals surface area contributed by atoms with Crippen LogP contribution in [0.2, 0.25) is 0 Å².